The number of rotatable bonds is 5. The number of nitrogens with zero attached hydrogens (tertiary/aromatic N) is 3. The van der Waals surface area contributed by atoms with E-state index in [4.69, 9.17) is 0 Å². The van der Waals surface area contributed by atoms with Crippen LogP contribution in [0.2, 0.25) is 0 Å². The maximum Gasteiger partial charge on any atom is 0.272 e. The van der Waals surface area contributed by atoms with Crippen LogP contribution in [0.3, 0.4) is 0 Å². The van der Waals surface area contributed by atoms with Gasteiger partial charge in [-0.15, -0.1) is 0 Å². The lowest BCUT2D eigenvalue weighted by atomic mass is 10.2. The number of halogens is 1. The van der Waals surface area contributed by atoms with E-state index in [0.29, 0.717) is 18.8 Å². The third kappa shape index (κ3) is 3.73. The van der Waals surface area contributed by atoms with Gasteiger partial charge in [0.05, 0.1) is 5.69 Å². The van der Waals surface area contributed by atoms with Gasteiger partial charge in [0.25, 0.3) is 5.91 Å². The zero-order valence-electron chi connectivity index (χ0n) is 12.6. The van der Waals surface area contributed by atoms with Crippen molar-refractivity contribution >= 4 is 21.8 Å². The molecule has 1 heterocycles. The molecule has 0 unspecified atom stereocenters. The third-order valence-corrected chi connectivity index (χ3v) is 3.86. The van der Waals surface area contributed by atoms with Gasteiger partial charge in [0.15, 0.2) is 0 Å². The van der Waals surface area contributed by atoms with Gasteiger partial charge >= 0.3 is 0 Å². The molecule has 0 bridgehead atoms. The standard InChI is InChI=1S/C16H20BrN3O/c1-4-14-10-15(20(5-2)18-14)16(21)19(3)11-12-7-6-8-13(17)9-12/h6-10H,4-5,11H2,1-3H3. The van der Waals surface area contributed by atoms with Crippen LogP contribution in [0, 0.1) is 0 Å². The van der Waals surface area contributed by atoms with Gasteiger partial charge in [0.1, 0.15) is 5.69 Å². The first-order chi connectivity index (χ1) is 10.0. The maximum atomic E-state index is 12.6. The van der Waals surface area contributed by atoms with Gasteiger partial charge in [0, 0.05) is 24.6 Å². The maximum absolute atomic E-state index is 12.6. The molecule has 0 fully saturated rings. The minimum atomic E-state index is 0.00373. The number of carbonyl (C=O) groups is 1. The molecule has 1 amide bonds. The highest BCUT2D eigenvalue weighted by Gasteiger charge is 2.18. The molecule has 0 aliphatic carbocycles. The number of benzene rings is 1. The molecule has 112 valence electrons. The summed E-state index contributed by atoms with van der Waals surface area (Å²) in [6.07, 6.45) is 0.836. The van der Waals surface area contributed by atoms with Crippen molar-refractivity contribution in [2.24, 2.45) is 0 Å². The van der Waals surface area contributed by atoms with E-state index in [0.717, 1.165) is 22.2 Å². The van der Waals surface area contributed by atoms with Crippen LogP contribution in [0.25, 0.3) is 0 Å². The van der Waals surface area contributed by atoms with E-state index in [1.54, 1.807) is 9.58 Å². The van der Waals surface area contributed by atoms with Crippen molar-refractivity contribution in [3.05, 3.63) is 51.8 Å². The zero-order chi connectivity index (χ0) is 15.4. The molecule has 0 aliphatic heterocycles. The lowest BCUT2D eigenvalue weighted by molar-refractivity contribution is 0.0772. The van der Waals surface area contributed by atoms with Crippen LogP contribution in [-0.2, 0) is 19.5 Å². The fraction of sp³-hybridized carbons (Fsp3) is 0.375. The van der Waals surface area contributed by atoms with Crippen molar-refractivity contribution in [3.8, 4) is 0 Å². The molecule has 5 heteroatoms. The van der Waals surface area contributed by atoms with E-state index < -0.39 is 0 Å². The molecule has 2 rings (SSSR count). The topological polar surface area (TPSA) is 38.1 Å². The summed E-state index contributed by atoms with van der Waals surface area (Å²) in [5.41, 5.74) is 2.71. The van der Waals surface area contributed by atoms with Crippen LogP contribution in [-0.4, -0.2) is 27.6 Å². The number of carbonyl (C=O) groups excluding carboxylic acids is 1. The SMILES string of the molecule is CCc1cc(C(=O)N(C)Cc2cccc(Br)c2)n(CC)n1. The van der Waals surface area contributed by atoms with E-state index >= 15 is 0 Å². The third-order valence-electron chi connectivity index (χ3n) is 3.37. The number of aryl methyl sites for hydroxylation is 2. The van der Waals surface area contributed by atoms with Crippen LogP contribution in [0.15, 0.2) is 34.8 Å². The molecule has 1 aromatic carbocycles. The lowest BCUT2D eigenvalue weighted by Gasteiger charge is -2.17. The molecule has 0 atom stereocenters. The van der Waals surface area contributed by atoms with E-state index in [1.165, 1.54) is 0 Å². The Morgan fingerprint density at radius 3 is 2.71 bits per heavy atom. The Bertz CT molecular complexity index is 636. The van der Waals surface area contributed by atoms with Gasteiger partial charge in [-0.25, -0.2) is 0 Å². The molecule has 0 N–H and O–H groups in total. The van der Waals surface area contributed by atoms with E-state index in [-0.39, 0.29) is 5.91 Å². The first-order valence-corrected chi connectivity index (χ1v) is 7.91. The molecule has 21 heavy (non-hydrogen) atoms. The number of hydrogen-bond acceptors (Lipinski definition) is 2. The van der Waals surface area contributed by atoms with Crippen molar-refractivity contribution in [2.45, 2.75) is 33.4 Å². The quantitative estimate of drug-likeness (QED) is 0.828. The van der Waals surface area contributed by atoms with Crippen LogP contribution in [0.1, 0.15) is 35.6 Å². The Morgan fingerprint density at radius 2 is 2.10 bits per heavy atom. The molecule has 4 nitrogen and oxygen atoms in total. The van der Waals surface area contributed by atoms with Crippen molar-refractivity contribution in [1.82, 2.24) is 14.7 Å². The van der Waals surface area contributed by atoms with Gasteiger partial charge < -0.3 is 4.90 Å². The summed E-state index contributed by atoms with van der Waals surface area (Å²) in [5.74, 6) is 0.00373. The van der Waals surface area contributed by atoms with Gasteiger partial charge in [0.2, 0.25) is 0 Å². The molecule has 0 aliphatic rings. The summed E-state index contributed by atoms with van der Waals surface area (Å²) < 4.78 is 2.80. The first-order valence-electron chi connectivity index (χ1n) is 7.11. The largest absolute Gasteiger partial charge is 0.336 e. The average Bonchev–Trinajstić information content (AvgIpc) is 2.89. The molecule has 2 aromatic rings. The predicted octanol–water partition coefficient (Wildman–Crippen LogP) is 3.50. The van der Waals surface area contributed by atoms with Gasteiger partial charge in [-0.3, -0.25) is 9.48 Å². The van der Waals surface area contributed by atoms with Crippen molar-refractivity contribution in [1.29, 1.82) is 0 Å². The van der Waals surface area contributed by atoms with Gasteiger partial charge in [-0.1, -0.05) is 35.0 Å². The Balaban J connectivity index is 2.17. The summed E-state index contributed by atoms with van der Waals surface area (Å²) in [6.45, 7) is 5.32. The monoisotopic (exact) mass is 349 g/mol. The molecular formula is C16H20BrN3O. The second-order valence-electron chi connectivity index (χ2n) is 4.98. The second-order valence-corrected chi connectivity index (χ2v) is 5.90. The number of hydrogen-bond donors (Lipinski definition) is 0. The lowest BCUT2D eigenvalue weighted by Crippen LogP contribution is -2.28. The van der Waals surface area contributed by atoms with Crippen LogP contribution in [0.5, 0.6) is 0 Å². The molecule has 0 radical (unpaired) electrons. The minimum absolute atomic E-state index is 0.00373. The second kappa shape index (κ2) is 6.89. The average molecular weight is 350 g/mol. The molecular weight excluding hydrogens is 330 g/mol. The molecule has 0 spiro atoms. The predicted molar refractivity (Wildman–Crippen MR) is 87.2 cm³/mol. The highest BCUT2D eigenvalue weighted by molar-refractivity contribution is 9.10. The Morgan fingerprint density at radius 1 is 1.33 bits per heavy atom. The summed E-state index contributed by atoms with van der Waals surface area (Å²) in [7, 11) is 1.82. The fourth-order valence-electron chi connectivity index (χ4n) is 2.23. The van der Waals surface area contributed by atoms with Crippen molar-refractivity contribution < 1.29 is 4.79 Å². The van der Waals surface area contributed by atoms with Gasteiger partial charge in [-0.2, -0.15) is 5.10 Å². The smallest absolute Gasteiger partial charge is 0.272 e. The Kier molecular flexibility index (Phi) is 5.17. The summed E-state index contributed by atoms with van der Waals surface area (Å²) in [4.78, 5) is 14.3. The number of aromatic nitrogens is 2. The Labute approximate surface area is 133 Å². The normalized spacial score (nSPS) is 10.7. The highest BCUT2D eigenvalue weighted by atomic mass is 79.9. The zero-order valence-corrected chi connectivity index (χ0v) is 14.2. The van der Waals surface area contributed by atoms with E-state index in [2.05, 4.69) is 21.0 Å². The molecule has 0 saturated carbocycles. The molecule has 1 aromatic heterocycles. The Hall–Kier alpha value is -1.62. The minimum Gasteiger partial charge on any atom is -0.336 e. The van der Waals surface area contributed by atoms with Crippen LogP contribution >= 0.6 is 15.9 Å². The van der Waals surface area contributed by atoms with Gasteiger partial charge in [-0.05, 0) is 37.1 Å². The first kappa shape index (κ1) is 15.8. The summed E-state index contributed by atoms with van der Waals surface area (Å²) in [5, 5.41) is 4.43. The highest BCUT2D eigenvalue weighted by Crippen LogP contribution is 2.15. The van der Waals surface area contributed by atoms with E-state index in [1.807, 2.05) is 51.2 Å². The van der Waals surface area contributed by atoms with Crippen LogP contribution in [0.4, 0.5) is 0 Å². The van der Waals surface area contributed by atoms with E-state index in [9.17, 15) is 4.79 Å². The summed E-state index contributed by atoms with van der Waals surface area (Å²) in [6, 6.07) is 9.89. The summed E-state index contributed by atoms with van der Waals surface area (Å²) >= 11 is 3.45. The van der Waals surface area contributed by atoms with Crippen molar-refractivity contribution in [3.63, 3.8) is 0 Å². The van der Waals surface area contributed by atoms with Crippen LogP contribution < -0.4 is 0 Å². The number of amides is 1. The van der Waals surface area contributed by atoms with Crippen molar-refractivity contribution in [2.75, 3.05) is 7.05 Å². The molecule has 0 saturated heterocycles. The fourth-order valence-corrected chi connectivity index (χ4v) is 2.68.